The zero-order valence-electron chi connectivity index (χ0n) is 34.6. The van der Waals surface area contributed by atoms with Gasteiger partial charge in [-0.2, -0.15) is 0 Å². The predicted molar refractivity (Wildman–Crippen MR) is 234 cm³/mol. The summed E-state index contributed by atoms with van der Waals surface area (Å²) in [7, 11) is -4.93. The summed E-state index contributed by atoms with van der Waals surface area (Å²) in [5, 5.41) is 8.92. The number of hydrogen-bond acceptors (Lipinski definition) is 9. The number of aryl methyl sites for hydroxylation is 2. The molecule has 60 heavy (non-hydrogen) atoms. The Kier molecular flexibility index (Phi) is 22.4. The summed E-state index contributed by atoms with van der Waals surface area (Å²) in [5.74, 6) is -0.616. The first kappa shape index (κ1) is 53.2. The number of carbonyl (C=O) groups excluding carboxylic acids is 4. The van der Waals surface area contributed by atoms with E-state index < -0.39 is 55.4 Å². The molecule has 3 aromatic rings. The molecule has 5 atom stereocenters. The molecule has 0 spiro atoms. The Balaban J connectivity index is 0.00000620. The summed E-state index contributed by atoms with van der Waals surface area (Å²) in [6.07, 6.45) is -1.73. The van der Waals surface area contributed by atoms with Crippen LogP contribution in [0.5, 0.6) is 5.75 Å². The minimum absolute atomic E-state index is 0. The molecule has 1 fully saturated rings. The van der Waals surface area contributed by atoms with E-state index >= 15 is 0 Å². The van der Waals surface area contributed by atoms with E-state index in [1.807, 2.05) is 107 Å². The van der Waals surface area contributed by atoms with E-state index in [0.29, 0.717) is 25.3 Å². The van der Waals surface area contributed by atoms with Crippen LogP contribution in [-0.2, 0) is 40.8 Å². The van der Waals surface area contributed by atoms with Gasteiger partial charge in [-0.05, 0) is 66.7 Å². The average Bonchev–Trinajstić information content (AvgIpc) is 3.14. The number of carbonyl (C=O) groups is 4. The fourth-order valence-electron chi connectivity index (χ4n) is 6.77. The topological polar surface area (TPSA) is 182 Å². The second-order valence-corrected chi connectivity index (χ2v) is 17.7. The molecule has 14 nitrogen and oxygen atoms in total. The van der Waals surface area contributed by atoms with Crippen LogP contribution in [0.3, 0.4) is 0 Å². The maximum atomic E-state index is 14.2. The number of nitrogens with one attached hydrogen (secondary N) is 3. The van der Waals surface area contributed by atoms with Crippen molar-refractivity contribution >= 4 is 90.9 Å². The van der Waals surface area contributed by atoms with Crippen LogP contribution >= 0.6 is 7.82 Å². The van der Waals surface area contributed by atoms with E-state index in [4.69, 9.17) is 18.5 Å². The van der Waals surface area contributed by atoms with Crippen molar-refractivity contribution in [3.05, 3.63) is 101 Å². The Morgan fingerprint density at radius 1 is 0.883 bits per heavy atom. The van der Waals surface area contributed by atoms with Gasteiger partial charge in [0.25, 0.3) is 5.91 Å². The van der Waals surface area contributed by atoms with Crippen molar-refractivity contribution in [3.8, 4) is 5.75 Å². The fourth-order valence-corrected chi connectivity index (χ4v) is 7.60. The number of phosphoric ester groups is 1. The minimum atomic E-state index is -4.93. The summed E-state index contributed by atoms with van der Waals surface area (Å²) in [6, 6.07) is 21.4. The summed E-state index contributed by atoms with van der Waals surface area (Å²) >= 11 is 0. The van der Waals surface area contributed by atoms with Crippen LogP contribution in [0.25, 0.3) is 0 Å². The van der Waals surface area contributed by atoms with Crippen molar-refractivity contribution in [1.29, 1.82) is 0 Å². The van der Waals surface area contributed by atoms with Gasteiger partial charge in [0.15, 0.2) is 6.61 Å². The Morgan fingerprint density at radius 3 is 2.02 bits per heavy atom. The van der Waals surface area contributed by atoms with E-state index in [1.54, 1.807) is 20.8 Å². The van der Waals surface area contributed by atoms with Crippen molar-refractivity contribution in [2.24, 2.45) is 11.3 Å². The third kappa shape index (κ3) is 17.8. The molecule has 3 aromatic carbocycles. The third-order valence-corrected chi connectivity index (χ3v) is 10.3. The molecule has 0 aliphatic carbocycles. The van der Waals surface area contributed by atoms with Gasteiger partial charge in [-0.25, -0.2) is 14.2 Å². The van der Waals surface area contributed by atoms with Gasteiger partial charge in [0.05, 0.1) is 12.6 Å². The first-order valence-electron chi connectivity index (χ1n) is 19.7. The molecule has 17 heteroatoms. The molecule has 0 radical (unpaired) electrons. The molecule has 0 aromatic heterocycles. The predicted octanol–water partition coefficient (Wildman–Crippen LogP) is 5.36. The third-order valence-electron chi connectivity index (χ3n) is 9.49. The number of rotatable bonds is 19. The number of amides is 4. The standard InChI is InChI=1S/C43H59N4O10P.2Na.2H/c1-29(2)38(47-23-15-22-44-41(47)50)40(49)45-34(24-32-18-10-8-11-19-32)26-36(56-42(51)57-58(52,53)55-28-43(5,6)7)35(25-33-20-12-9-13-21-33)46-37(48)27-54-39-30(3)16-14-17-31(39)4;;;;/h8-14,16-21,29,34-36,38H,15,22-28H2,1-7H3,(H,44,50)(H,45,49)(H,46,48)(H,52,53);;;;/t34-,35-,36-,38-;;;;/m0..../s1. The molecule has 0 saturated carbocycles. The van der Waals surface area contributed by atoms with Crippen molar-refractivity contribution in [1.82, 2.24) is 20.9 Å². The number of urea groups is 1. The quantitative estimate of drug-likeness (QED) is 0.0697. The molecule has 4 amide bonds. The number of nitrogens with zero attached hydrogens (tertiary/aromatic N) is 1. The van der Waals surface area contributed by atoms with Crippen molar-refractivity contribution in [2.75, 3.05) is 26.3 Å². The summed E-state index contributed by atoms with van der Waals surface area (Å²) in [6.45, 7) is 13.2. The molecular formula is C43H61N4Na2O10P. The normalized spacial score (nSPS) is 15.7. The van der Waals surface area contributed by atoms with E-state index in [9.17, 15) is 28.6 Å². The molecule has 1 heterocycles. The van der Waals surface area contributed by atoms with Gasteiger partial charge < -0.3 is 34.8 Å². The number of para-hydroxylation sites is 1. The molecule has 1 aliphatic heterocycles. The summed E-state index contributed by atoms with van der Waals surface area (Å²) in [5.41, 5.74) is 2.81. The molecule has 4 rings (SSSR count). The van der Waals surface area contributed by atoms with Crippen molar-refractivity contribution in [3.63, 3.8) is 0 Å². The van der Waals surface area contributed by atoms with Crippen LogP contribution in [0.15, 0.2) is 78.9 Å². The van der Waals surface area contributed by atoms with Gasteiger partial charge in [0, 0.05) is 25.6 Å². The van der Waals surface area contributed by atoms with Gasteiger partial charge in [-0.3, -0.25) is 19.0 Å². The van der Waals surface area contributed by atoms with Crippen molar-refractivity contribution < 1.29 is 47.2 Å². The Morgan fingerprint density at radius 2 is 1.47 bits per heavy atom. The first-order chi connectivity index (χ1) is 27.4. The van der Waals surface area contributed by atoms with Gasteiger partial charge in [-0.15, -0.1) is 0 Å². The Bertz CT molecular complexity index is 1860. The van der Waals surface area contributed by atoms with E-state index in [-0.39, 0.29) is 104 Å². The zero-order chi connectivity index (χ0) is 42.5. The van der Waals surface area contributed by atoms with Crippen LogP contribution in [0, 0.1) is 25.2 Å². The molecule has 4 N–H and O–H groups in total. The molecular weight excluding hydrogens is 809 g/mol. The molecule has 1 aliphatic rings. The summed E-state index contributed by atoms with van der Waals surface area (Å²) < 4.78 is 34.8. The van der Waals surface area contributed by atoms with Crippen LogP contribution in [-0.4, -0.2) is 143 Å². The number of hydrogen-bond donors (Lipinski definition) is 4. The van der Waals surface area contributed by atoms with Crippen LogP contribution in [0.1, 0.15) is 69.7 Å². The van der Waals surface area contributed by atoms with Gasteiger partial charge in [-0.1, -0.05) is 113 Å². The maximum absolute atomic E-state index is 14.2. The second-order valence-electron chi connectivity index (χ2n) is 16.3. The monoisotopic (exact) mass is 870 g/mol. The van der Waals surface area contributed by atoms with Gasteiger partial charge in [0.1, 0.15) is 17.9 Å². The van der Waals surface area contributed by atoms with E-state index in [2.05, 4.69) is 16.0 Å². The fraction of sp³-hybridized carbons (Fsp3) is 0.488. The molecule has 320 valence electrons. The van der Waals surface area contributed by atoms with Crippen molar-refractivity contribution in [2.45, 2.75) is 98.4 Å². The van der Waals surface area contributed by atoms with Crippen LogP contribution in [0.2, 0.25) is 0 Å². The van der Waals surface area contributed by atoms with E-state index in [0.717, 1.165) is 22.3 Å². The average molecular weight is 871 g/mol. The number of ether oxygens (including phenoxy) is 2. The van der Waals surface area contributed by atoms with Crippen LogP contribution in [0.4, 0.5) is 9.59 Å². The van der Waals surface area contributed by atoms with E-state index in [1.165, 1.54) is 4.90 Å². The molecule has 0 bridgehead atoms. The van der Waals surface area contributed by atoms with Gasteiger partial charge in [0.2, 0.25) is 5.91 Å². The Hall–Kier alpha value is -2.91. The Labute approximate surface area is 398 Å². The SMILES string of the molecule is Cc1cccc(C)c1OCC(=O)N[C@@H](Cc1ccccc1)[C@H](C[C@H](Cc1ccccc1)NC(=O)[C@H](C(C)C)N1CCCNC1=O)OC(=O)OP(=O)(O)OCC(C)(C)C.[NaH].[NaH]. The number of phosphoric acid groups is 1. The van der Waals surface area contributed by atoms with Crippen LogP contribution < -0.4 is 20.7 Å². The zero-order valence-corrected chi connectivity index (χ0v) is 35.5. The summed E-state index contributed by atoms with van der Waals surface area (Å²) in [4.78, 5) is 66.4. The molecule has 1 saturated heterocycles. The first-order valence-corrected chi connectivity index (χ1v) is 21.2. The second kappa shape index (κ2) is 25.3. The molecule has 1 unspecified atom stereocenters. The number of benzene rings is 3. The van der Waals surface area contributed by atoms with Gasteiger partial charge >= 0.3 is 79.1 Å².